The van der Waals surface area contributed by atoms with Crippen LogP contribution in [0.3, 0.4) is 0 Å². The van der Waals surface area contributed by atoms with Crippen LogP contribution in [-0.4, -0.2) is 0 Å². The fourth-order valence-corrected chi connectivity index (χ4v) is 1.19. The highest BCUT2D eigenvalue weighted by molar-refractivity contribution is 5.41. The summed E-state index contributed by atoms with van der Waals surface area (Å²) in [5.41, 5.74) is 7.63. The van der Waals surface area contributed by atoms with E-state index in [-0.39, 0.29) is 0 Å². The molecule has 2 rings (SSSR count). The van der Waals surface area contributed by atoms with Gasteiger partial charge < -0.3 is 5.73 Å². The van der Waals surface area contributed by atoms with Crippen molar-refractivity contribution in [3.63, 3.8) is 0 Å². The van der Waals surface area contributed by atoms with Gasteiger partial charge in [0.2, 0.25) is 0 Å². The molecule has 0 unspecified atom stereocenters. The van der Waals surface area contributed by atoms with E-state index < -0.39 is 0 Å². The van der Waals surface area contributed by atoms with E-state index in [0.29, 0.717) is 12.5 Å². The van der Waals surface area contributed by atoms with Gasteiger partial charge in [0.15, 0.2) is 0 Å². The van der Waals surface area contributed by atoms with Crippen molar-refractivity contribution in [1.29, 1.82) is 0 Å². The summed E-state index contributed by atoms with van der Waals surface area (Å²) in [6.07, 6.45) is 2.50. The Bertz CT molecular complexity index is 444. The largest absolute Gasteiger partial charge is 0.326 e. The van der Waals surface area contributed by atoms with E-state index in [4.69, 9.17) is 5.73 Å². The molecule has 0 heterocycles. The number of nitrogens with two attached hydrogens (primary N) is 1. The van der Waals surface area contributed by atoms with Gasteiger partial charge in [-0.15, -0.1) is 0 Å². The molecule has 0 aliphatic heterocycles. The van der Waals surface area contributed by atoms with Crippen LogP contribution in [-0.2, 0) is 6.54 Å². The molecule has 0 atom stereocenters. The zero-order chi connectivity index (χ0) is 10.5. The summed E-state index contributed by atoms with van der Waals surface area (Å²) in [6.45, 7) is 0.579. The average molecular weight is 195 g/mol. The molecule has 2 N–H and O–H groups in total. The minimum Gasteiger partial charge on any atom is -0.326 e. The minimum absolute atomic E-state index is 0.579. The van der Waals surface area contributed by atoms with Gasteiger partial charge in [0.1, 0.15) is 0 Å². The maximum atomic E-state index is 5.50. The van der Waals surface area contributed by atoms with Crippen molar-refractivity contribution in [3.05, 3.63) is 35.4 Å². The summed E-state index contributed by atoms with van der Waals surface area (Å²) >= 11 is 0. The van der Waals surface area contributed by atoms with E-state index >= 15 is 0 Å². The molecule has 1 aliphatic rings. The number of hydrogen-bond acceptors (Lipinski definition) is 1. The molecule has 1 fully saturated rings. The van der Waals surface area contributed by atoms with E-state index in [2.05, 4.69) is 23.7 Å². The molecule has 15 heavy (non-hydrogen) atoms. The van der Waals surface area contributed by atoms with Crippen LogP contribution in [0.1, 0.15) is 24.0 Å². The van der Waals surface area contributed by atoms with Gasteiger partial charge >= 0.3 is 0 Å². The van der Waals surface area contributed by atoms with Crippen molar-refractivity contribution < 1.29 is 0 Å². The maximum Gasteiger partial charge on any atom is 0.0255 e. The van der Waals surface area contributed by atoms with Crippen molar-refractivity contribution in [2.24, 2.45) is 11.7 Å². The van der Waals surface area contributed by atoms with Gasteiger partial charge in [-0.1, -0.05) is 24.0 Å². The third kappa shape index (κ3) is 3.17. The molecule has 1 aromatic carbocycles. The topological polar surface area (TPSA) is 26.0 Å². The highest BCUT2D eigenvalue weighted by atomic mass is 14.5. The van der Waals surface area contributed by atoms with Crippen molar-refractivity contribution in [2.45, 2.75) is 19.4 Å². The number of hydrogen-bond donors (Lipinski definition) is 1. The van der Waals surface area contributed by atoms with Gasteiger partial charge in [0, 0.05) is 18.0 Å². The highest BCUT2D eigenvalue weighted by Crippen LogP contribution is 2.27. The number of benzene rings is 1. The second kappa shape index (κ2) is 4.69. The fourth-order valence-electron chi connectivity index (χ4n) is 1.19. The molecule has 0 amide bonds. The molecular weight excluding hydrogens is 182 g/mol. The molecule has 0 bridgehead atoms. The number of rotatable bonds is 1. The fraction of sp³-hybridized carbons (Fsp3) is 0.286. The summed E-state index contributed by atoms with van der Waals surface area (Å²) in [6, 6.07) is 7.96. The standard InChI is InChI=1S/C14H13N/c15-11-14-9-7-13(8-10-14)4-2-1-3-12-5-6-12/h7-10,12H,5-6,11,15H2. The summed E-state index contributed by atoms with van der Waals surface area (Å²) < 4.78 is 0. The first-order valence-electron chi connectivity index (χ1n) is 5.19. The lowest BCUT2D eigenvalue weighted by molar-refractivity contribution is 1.07. The van der Waals surface area contributed by atoms with E-state index in [1.165, 1.54) is 12.8 Å². The van der Waals surface area contributed by atoms with Crippen LogP contribution in [0.15, 0.2) is 24.3 Å². The van der Waals surface area contributed by atoms with Gasteiger partial charge in [-0.2, -0.15) is 0 Å². The third-order valence-electron chi connectivity index (χ3n) is 2.31. The lowest BCUT2D eigenvalue weighted by atomic mass is 10.1. The average Bonchev–Trinajstić information content (AvgIpc) is 3.09. The third-order valence-corrected chi connectivity index (χ3v) is 2.31. The van der Waals surface area contributed by atoms with Crippen LogP contribution >= 0.6 is 0 Å². The van der Waals surface area contributed by atoms with E-state index in [1.807, 2.05) is 24.3 Å². The first-order chi connectivity index (χ1) is 7.38. The Kier molecular flexibility index (Phi) is 3.08. The van der Waals surface area contributed by atoms with Crippen molar-refractivity contribution in [1.82, 2.24) is 0 Å². The minimum atomic E-state index is 0.579. The predicted molar refractivity (Wildman–Crippen MR) is 61.7 cm³/mol. The summed E-state index contributed by atoms with van der Waals surface area (Å²) in [7, 11) is 0. The van der Waals surface area contributed by atoms with E-state index in [9.17, 15) is 0 Å². The van der Waals surface area contributed by atoms with Crippen molar-refractivity contribution in [3.8, 4) is 23.7 Å². The van der Waals surface area contributed by atoms with Gasteiger partial charge in [-0.3, -0.25) is 0 Å². The molecule has 1 aromatic rings. The monoisotopic (exact) mass is 195 g/mol. The highest BCUT2D eigenvalue weighted by Gasteiger charge is 2.17. The second-order valence-corrected chi connectivity index (χ2v) is 3.69. The van der Waals surface area contributed by atoms with Gasteiger partial charge in [0.05, 0.1) is 0 Å². The van der Waals surface area contributed by atoms with E-state index in [0.717, 1.165) is 11.1 Å². The Morgan fingerprint density at radius 1 is 1.13 bits per heavy atom. The Labute approximate surface area is 90.7 Å². The normalized spacial score (nSPS) is 13.4. The van der Waals surface area contributed by atoms with Crippen LogP contribution in [0.25, 0.3) is 0 Å². The zero-order valence-corrected chi connectivity index (χ0v) is 8.59. The van der Waals surface area contributed by atoms with Gasteiger partial charge in [-0.25, -0.2) is 0 Å². The van der Waals surface area contributed by atoms with Crippen LogP contribution in [0.2, 0.25) is 0 Å². The Morgan fingerprint density at radius 2 is 1.87 bits per heavy atom. The molecule has 1 nitrogen and oxygen atoms in total. The van der Waals surface area contributed by atoms with E-state index in [1.54, 1.807) is 0 Å². The van der Waals surface area contributed by atoms with Gasteiger partial charge in [0.25, 0.3) is 0 Å². The molecule has 1 heteroatoms. The van der Waals surface area contributed by atoms with Crippen LogP contribution in [0.4, 0.5) is 0 Å². The lowest BCUT2D eigenvalue weighted by Gasteiger charge is -1.94. The smallest absolute Gasteiger partial charge is 0.0255 e. The summed E-state index contributed by atoms with van der Waals surface area (Å²) in [5.74, 6) is 12.5. The Morgan fingerprint density at radius 3 is 2.47 bits per heavy atom. The zero-order valence-electron chi connectivity index (χ0n) is 8.59. The molecule has 74 valence electrons. The van der Waals surface area contributed by atoms with Crippen molar-refractivity contribution >= 4 is 0 Å². The molecule has 1 aliphatic carbocycles. The van der Waals surface area contributed by atoms with Crippen LogP contribution < -0.4 is 5.73 Å². The van der Waals surface area contributed by atoms with Crippen LogP contribution in [0, 0.1) is 29.6 Å². The van der Waals surface area contributed by atoms with Crippen molar-refractivity contribution in [2.75, 3.05) is 0 Å². The first kappa shape index (κ1) is 9.84. The maximum absolute atomic E-state index is 5.50. The predicted octanol–water partition coefficient (Wildman–Crippen LogP) is 1.91. The SMILES string of the molecule is NCc1ccc(C#CC#CC2CC2)cc1. The first-order valence-corrected chi connectivity index (χ1v) is 5.19. The molecule has 0 aromatic heterocycles. The molecule has 0 saturated heterocycles. The Balaban J connectivity index is 2.00. The molecular formula is C14H13N. The lowest BCUT2D eigenvalue weighted by Crippen LogP contribution is -1.95. The summed E-state index contributed by atoms with van der Waals surface area (Å²) in [4.78, 5) is 0. The van der Waals surface area contributed by atoms with Gasteiger partial charge in [-0.05, 0) is 42.4 Å². The summed E-state index contributed by atoms with van der Waals surface area (Å²) in [5, 5.41) is 0. The quantitative estimate of drug-likeness (QED) is 0.681. The molecule has 1 saturated carbocycles. The Hall–Kier alpha value is -1.70. The van der Waals surface area contributed by atoms with Crippen LogP contribution in [0.5, 0.6) is 0 Å². The second-order valence-electron chi connectivity index (χ2n) is 3.69. The molecule has 0 radical (unpaired) electrons. The molecule has 0 spiro atoms.